The number of nitro benzene ring substituents is 1. The Morgan fingerprint density at radius 3 is 2.34 bits per heavy atom. The van der Waals surface area contributed by atoms with E-state index in [-0.39, 0.29) is 11.1 Å². The van der Waals surface area contributed by atoms with E-state index in [4.69, 9.17) is 5.26 Å². The van der Waals surface area contributed by atoms with Crippen LogP contribution in [-0.4, -0.2) is 51.7 Å². The van der Waals surface area contributed by atoms with Crippen molar-refractivity contribution in [1.29, 1.82) is 5.26 Å². The van der Waals surface area contributed by atoms with Crippen LogP contribution in [0.2, 0.25) is 0 Å². The molecule has 9 nitrogen and oxygen atoms in total. The Kier molecular flexibility index (Phi) is 5.93. The summed E-state index contributed by atoms with van der Waals surface area (Å²) in [6, 6.07) is 10.7. The molecule has 0 atom stereocenters. The van der Waals surface area contributed by atoms with Crippen molar-refractivity contribution in [2.24, 2.45) is 0 Å². The molecule has 0 saturated carbocycles. The third kappa shape index (κ3) is 4.56. The number of carbonyl (C=O) groups excluding carboxylic acids is 3. The zero-order valence-corrected chi connectivity index (χ0v) is 16.1. The Hall–Kier alpha value is -4.27. The number of hydrogen-bond donors (Lipinski definition) is 0. The number of benzene rings is 2. The minimum Gasteiger partial charge on any atom is -0.328 e. The Balaban J connectivity index is 1.85. The highest BCUT2D eigenvalue weighted by atomic mass is 19.4. The van der Waals surface area contributed by atoms with Crippen LogP contribution in [-0.2, 0) is 11.3 Å². The molecule has 0 aromatic heterocycles. The molecule has 1 aliphatic heterocycles. The van der Waals surface area contributed by atoms with Crippen LogP contribution in [0.3, 0.4) is 0 Å². The second kappa shape index (κ2) is 8.46. The summed E-state index contributed by atoms with van der Waals surface area (Å²) < 4.78 is 39.2. The van der Waals surface area contributed by atoms with Gasteiger partial charge in [0.25, 0.3) is 17.5 Å². The molecule has 2 aromatic carbocycles. The summed E-state index contributed by atoms with van der Waals surface area (Å²) in [5, 5.41) is 20.0. The smallest absolute Gasteiger partial charge is 0.328 e. The number of imide groups is 1. The van der Waals surface area contributed by atoms with Gasteiger partial charge in [0.15, 0.2) is 0 Å². The molecule has 32 heavy (non-hydrogen) atoms. The Labute approximate surface area is 178 Å². The molecule has 3 rings (SSSR count). The van der Waals surface area contributed by atoms with Crippen LogP contribution in [0.4, 0.5) is 18.9 Å². The lowest BCUT2D eigenvalue weighted by atomic mass is 10.1. The van der Waals surface area contributed by atoms with E-state index in [2.05, 4.69) is 0 Å². The number of rotatable bonds is 6. The number of nitro groups is 1. The number of carbonyl (C=O) groups is 3. The summed E-state index contributed by atoms with van der Waals surface area (Å²) in [5.41, 5.74) is -0.883. The summed E-state index contributed by atoms with van der Waals surface area (Å²) in [5.74, 6) is -3.31. The zero-order chi connectivity index (χ0) is 23.6. The van der Waals surface area contributed by atoms with Crippen LogP contribution in [0.15, 0.2) is 42.5 Å². The van der Waals surface area contributed by atoms with Crippen molar-refractivity contribution in [3.05, 3.63) is 74.8 Å². The van der Waals surface area contributed by atoms with Gasteiger partial charge in [-0.15, -0.1) is 0 Å². The average Bonchev–Trinajstić information content (AvgIpc) is 2.97. The summed E-state index contributed by atoms with van der Waals surface area (Å²) in [7, 11) is 0. The molecule has 12 heteroatoms. The highest BCUT2D eigenvalue weighted by Crippen LogP contribution is 2.31. The number of amides is 3. The van der Waals surface area contributed by atoms with E-state index in [1.54, 1.807) is 0 Å². The predicted octanol–water partition coefficient (Wildman–Crippen LogP) is 2.65. The van der Waals surface area contributed by atoms with Crippen molar-refractivity contribution in [1.82, 2.24) is 9.80 Å². The van der Waals surface area contributed by atoms with Crippen LogP contribution in [0.5, 0.6) is 0 Å². The van der Waals surface area contributed by atoms with Gasteiger partial charge >= 0.3 is 6.18 Å². The number of alkyl halides is 3. The van der Waals surface area contributed by atoms with E-state index in [0.717, 1.165) is 12.1 Å². The van der Waals surface area contributed by atoms with Crippen molar-refractivity contribution in [2.45, 2.75) is 12.7 Å². The number of hydrogen-bond acceptors (Lipinski definition) is 6. The number of fused-ring (bicyclic) bond motifs is 1. The lowest BCUT2D eigenvalue weighted by Gasteiger charge is -2.26. The molecule has 0 aliphatic carbocycles. The molecule has 1 aliphatic rings. The molecular weight excluding hydrogens is 433 g/mol. The van der Waals surface area contributed by atoms with E-state index in [0.29, 0.717) is 15.4 Å². The van der Waals surface area contributed by atoms with E-state index in [9.17, 15) is 37.7 Å². The second-order valence-electron chi connectivity index (χ2n) is 6.83. The molecule has 0 unspecified atom stereocenters. The first-order valence-electron chi connectivity index (χ1n) is 8.99. The fraction of sp³-hybridized carbons (Fsp3) is 0.200. The van der Waals surface area contributed by atoms with Gasteiger partial charge in [-0.25, -0.2) is 0 Å². The molecule has 164 valence electrons. The van der Waals surface area contributed by atoms with Crippen LogP contribution < -0.4 is 0 Å². The van der Waals surface area contributed by atoms with Crippen LogP contribution in [0, 0.1) is 21.4 Å². The van der Waals surface area contributed by atoms with Gasteiger partial charge in [-0.1, -0.05) is 18.2 Å². The van der Waals surface area contributed by atoms with E-state index in [1.807, 2.05) is 6.07 Å². The van der Waals surface area contributed by atoms with Gasteiger partial charge in [0, 0.05) is 12.6 Å². The van der Waals surface area contributed by atoms with Crippen molar-refractivity contribution < 1.29 is 32.5 Å². The third-order valence-corrected chi connectivity index (χ3v) is 4.65. The Morgan fingerprint density at radius 1 is 1.12 bits per heavy atom. The normalized spacial score (nSPS) is 13.0. The maximum absolute atomic E-state index is 13.1. The Bertz CT molecular complexity index is 1160. The molecule has 2 aromatic rings. The van der Waals surface area contributed by atoms with Crippen LogP contribution in [0.25, 0.3) is 0 Å². The largest absolute Gasteiger partial charge is 0.406 e. The number of nitrogens with zero attached hydrogens (tertiary/aromatic N) is 4. The molecule has 0 bridgehead atoms. The molecule has 0 saturated heterocycles. The maximum Gasteiger partial charge on any atom is 0.406 e. The van der Waals surface area contributed by atoms with Crippen LogP contribution >= 0.6 is 0 Å². The highest BCUT2D eigenvalue weighted by molar-refractivity contribution is 6.24. The molecule has 0 spiro atoms. The summed E-state index contributed by atoms with van der Waals surface area (Å²) in [6.45, 7) is -3.15. The number of nitriles is 1. The van der Waals surface area contributed by atoms with Gasteiger partial charge < -0.3 is 4.90 Å². The summed E-state index contributed by atoms with van der Waals surface area (Å²) >= 11 is 0. The monoisotopic (exact) mass is 446 g/mol. The minimum atomic E-state index is -4.76. The highest BCUT2D eigenvalue weighted by Gasteiger charge is 2.43. The molecule has 1 heterocycles. The van der Waals surface area contributed by atoms with Gasteiger partial charge in [-0.3, -0.25) is 29.4 Å². The second-order valence-corrected chi connectivity index (χ2v) is 6.83. The van der Waals surface area contributed by atoms with Crippen molar-refractivity contribution in [3.8, 4) is 6.07 Å². The van der Waals surface area contributed by atoms with Gasteiger partial charge in [0.1, 0.15) is 18.7 Å². The van der Waals surface area contributed by atoms with Gasteiger partial charge in [0.2, 0.25) is 5.91 Å². The standard InChI is InChI=1S/C20H13F3N4O5/c21-20(22,23)11-25(9-13-6-4-12(8-24)5-7-13)16(28)10-26-18(29)14-2-1-3-15(27(31)32)17(14)19(26)30/h1-7H,9-11H2. The predicted molar refractivity (Wildman–Crippen MR) is 101 cm³/mol. The molecule has 0 radical (unpaired) electrons. The van der Waals surface area contributed by atoms with E-state index < -0.39 is 59.7 Å². The molecule has 0 N–H and O–H groups in total. The van der Waals surface area contributed by atoms with Gasteiger partial charge in [0.05, 0.1) is 22.1 Å². The lowest BCUT2D eigenvalue weighted by molar-refractivity contribution is -0.385. The van der Waals surface area contributed by atoms with Crippen LogP contribution in [0.1, 0.15) is 31.8 Å². The maximum atomic E-state index is 13.1. The molecular formula is C20H13F3N4O5. The quantitative estimate of drug-likeness (QED) is 0.382. The van der Waals surface area contributed by atoms with E-state index >= 15 is 0 Å². The lowest BCUT2D eigenvalue weighted by Crippen LogP contribution is -2.45. The van der Waals surface area contributed by atoms with Crippen molar-refractivity contribution in [3.63, 3.8) is 0 Å². The van der Waals surface area contributed by atoms with Crippen molar-refractivity contribution in [2.75, 3.05) is 13.1 Å². The third-order valence-electron chi connectivity index (χ3n) is 4.65. The first-order valence-corrected chi connectivity index (χ1v) is 8.99. The molecule has 0 fully saturated rings. The van der Waals surface area contributed by atoms with Gasteiger partial charge in [-0.05, 0) is 23.8 Å². The fourth-order valence-electron chi connectivity index (χ4n) is 3.20. The molecule has 3 amide bonds. The summed E-state index contributed by atoms with van der Waals surface area (Å²) in [6.07, 6.45) is -4.76. The first-order chi connectivity index (χ1) is 15.0. The van der Waals surface area contributed by atoms with E-state index in [1.165, 1.54) is 30.3 Å². The zero-order valence-electron chi connectivity index (χ0n) is 16.1. The average molecular weight is 446 g/mol. The first kappa shape index (κ1) is 22.4. The topological polar surface area (TPSA) is 125 Å². The number of halogens is 3. The summed E-state index contributed by atoms with van der Waals surface area (Å²) in [4.78, 5) is 48.9. The Morgan fingerprint density at radius 2 is 1.78 bits per heavy atom. The van der Waals surface area contributed by atoms with Gasteiger partial charge in [-0.2, -0.15) is 18.4 Å². The fourth-order valence-corrected chi connectivity index (χ4v) is 3.20. The van der Waals surface area contributed by atoms with Crippen molar-refractivity contribution >= 4 is 23.4 Å². The minimum absolute atomic E-state index is 0.273. The SMILES string of the molecule is N#Cc1ccc(CN(CC(F)(F)F)C(=O)CN2C(=O)c3cccc([N+](=O)[O-])c3C2=O)cc1.